The second kappa shape index (κ2) is 10.6. The molecule has 2 heterocycles. The maximum Gasteiger partial charge on any atom is 0.219 e. The summed E-state index contributed by atoms with van der Waals surface area (Å²) in [4.78, 5) is 14.8. The van der Waals surface area contributed by atoms with E-state index in [0.29, 0.717) is 24.7 Å². The Kier molecular flexibility index (Phi) is 7.62. The molecular weight excluding hydrogens is 398 g/mol. The lowest BCUT2D eigenvalue weighted by molar-refractivity contribution is 0.412. The number of nitrogens with one attached hydrogen (secondary N) is 2. The van der Waals surface area contributed by atoms with Crippen molar-refractivity contribution < 1.29 is 9.47 Å². The number of nitrogens with zero attached hydrogens (tertiary/aromatic N) is 3. The average Bonchev–Trinajstić information content (AvgIpc) is 3.09. The standard InChI is InChI=1S/C22H27N5O2S/c1-5-23-22(26-14-21-27-15(2)16(3)30-21)25-13-17-6-11-20(24-12-17)29-19-9-7-18(28-4)8-10-19/h6-12H,5,13-14H2,1-4H3,(H2,23,25,26). The summed E-state index contributed by atoms with van der Waals surface area (Å²) < 4.78 is 10.9. The topological polar surface area (TPSA) is 80.7 Å². The first-order valence-corrected chi connectivity index (χ1v) is 10.6. The molecule has 0 radical (unpaired) electrons. The summed E-state index contributed by atoms with van der Waals surface area (Å²) in [6.45, 7) is 8.12. The molecule has 2 N–H and O–H groups in total. The van der Waals surface area contributed by atoms with Crippen LogP contribution in [0.2, 0.25) is 0 Å². The van der Waals surface area contributed by atoms with Crippen LogP contribution in [0.4, 0.5) is 0 Å². The molecule has 8 heteroatoms. The van der Waals surface area contributed by atoms with E-state index in [1.807, 2.05) is 50.2 Å². The monoisotopic (exact) mass is 425 g/mol. The lowest BCUT2D eigenvalue weighted by Gasteiger charge is -2.10. The molecule has 30 heavy (non-hydrogen) atoms. The number of benzene rings is 1. The summed E-state index contributed by atoms with van der Waals surface area (Å²) in [7, 11) is 1.64. The molecule has 0 spiro atoms. The van der Waals surface area contributed by atoms with E-state index in [-0.39, 0.29) is 0 Å². The minimum absolute atomic E-state index is 0.515. The van der Waals surface area contributed by atoms with Crippen molar-refractivity contribution >= 4 is 17.3 Å². The number of aryl methyl sites for hydroxylation is 2. The van der Waals surface area contributed by atoms with Crippen LogP contribution in [-0.4, -0.2) is 29.6 Å². The molecule has 3 aromatic rings. The highest BCUT2D eigenvalue weighted by molar-refractivity contribution is 7.11. The molecular formula is C22H27N5O2S. The average molecular weight is 426 g/mol. The minimum Gasteiger partial charge on any atom is -0.497 e. The van der Waals surface area contributed by atoms with Gasteiger partial charge >= 0.3 is 0 Å². The Labute approximate surface area is 181 Å². The first kappa shape index (κ1) is 21.6. The number of ether oxygens (including phenoxy) is 2. The van der Waals surface area contributed by atoms with Crippen LogP contribution in [0.25, 0.3) is 0 Å². The van der Waals surface area contributed by atoms with Crippen molar-refractivity contribution in [3.05, 3.63) is 63.7 Å². The largest absolute Gasteiger partial charge is 0.497 e. The van der Waals surface area contributed by atoms with Gasteiger partial charge in [0.15, 0.2) is 5.96 Å². The smallest absolute Gasteiger partial charge is 0.219 e. The predicted molar refractivity (Wildman–Crippen MR) is 121 cm³/mol. The highest BCUT2D eigenvalue weighted by atomic mass is 32.1. The summed E-state index contributed by atoms with van der Waals surface area (Å²) in [6.07, 6.45) is 1.78. The van der Waals surface area contributed by atoms with Gasteiger partial charge in [-0.3, -0.25) is 0 Å². The van der Waals surface area contributed by atoms with Gasteiger partial charge in [-0.15, -0.1) is 11.3 Å². The van der Waals surface area contributed by atoms with Gasteiger partial charge in [-0.1, -0.05) is 6.07 Å². The van der Waals surface area contributed by atoms with Gasteiger partial charge < -0.3 is 20.1 Å². The predicted octanol–water partition coefficient (Wildman–Crippen LogP) is 4.21. The number of hydrogen-bond acceptors (Lipinski definition) is 6. The van der Waals surface area contributed by atoms with Crippen molar-refractivity contribution in [2.45, 2.75) is 33.9 Å². The van der Waals surface area contributed by atoms with E-state index in [4.69, 9.17) is 9.47 Å². The third-order valence-corrected chi connectivity index (χ3v) is 5.40. The molecule has 0 unspecified atom stereocenters. The van der Waals surface area contributed by atoms with Gasteiger partial charge in [-0.05, 0) is 50.6 Å². The molecule has 0 bridgehead atoms. The van der Waals surface area contributed by atoms with Crippen molar-refractivity contribution in [1.29, 1.82) is 0 Å². The van der Waals surface area contributed by atoms with Gasteiger partial charge in [0.2, 0.25) is 5.88 Å². The van der Waals surface area contributed by atoms with E-state index >= 15 is 0 Å². The van der Waals surface area contributed by atoms with E-state index in [1.165, 1.54) is 4.88 Å². The quantitative estimate of drug-likeness (QED) is 0.416. The number of guanidine groups is 1. The molecule has 0 aliphatic carbocycles. The van der Waals surface area contributed by atoms with Gasteiger partial charge in [-0.25, -0.2) is 15.0 Å². The first-order valence-electron chi connectivity index (χ1n) is 9.79. The SMILES string of the molecule is CCNC(=NCc1ccc(Oc2ccc(OC)cc2)nc1)NCc1nc(C)c(C)s1. The van der Waals surface area contributed by atoms with Crippen molar-refractivity contribution in [3.63, 3.8) is 0 Å². The second-order valence-electron chi connectivity index (χ2n) is 6.58. The Bertz CT molecular complexity index is 949. The zero-order valence-electron chi connectivity index (χ0n) is 17.7. The zero-order chi connectivity index (χ0) is 21.3. The maximum atomic E-state index is 5.76. The lowest BCUT2D eigenvalue weighted by atomic mass is 10.3. The molecule has 0 saturated heterocycles. The summed E-state index contributed by atoms with van der Waals surface area (Å²) >= 11 is 1.71. The third-order valence-electron chi connectivity index (χ3n) is 4.32. The minimum atomic E-state index is 0.515. The molecule has 0 amide bonds. The molecule has 0 aliphatic heterocycles. The van der Waals surface area contributed by atoms with Crippen molar-refractivity contribution in [2.75, 3.05) is 13.7 Å². The van der Waals surface area contributed by atoms with Crippen molar-refractivity contribution in [1.82, 2.24) is 20.6 Å². The third kappa shape index (κ3) is 6.18. The van der Waals surface area contributed by atoms with E-state index in [2.05, 4.69) is 32.5 Å². The normalized spacial score (nSPS) is 11.3. The summed E-state index contributed by atoms with van der Waals surface area (Å²) in [6, 6.07) is 11.2. The summed E-state index contributed by atoms with van der Waals surface area (Å²) in [5.74, 6) is 2.78. The van der Waals surface area contributed by atoms with Gasteiger partial charge in [0, 0.05) is 23.7 Å². The summed E-state index contributed by atoms with van der Waals surface area (Å²) in [5, 5.41) is 7.64. The van der Waals surface area contributed by atoms with Crippen LogP contribution >= 0.6 is 11.3 Å². The van der Waals surface area contributed by atoms with Crippen LogP contribution in [0.15, 0.2) is 47.6 Å². The summed E-state index contributed by atoms with van der Waals surface area (Å²) in [5.41, 5.74) is 2.08. The second-order valence-corrected chi connectivity index (χ2v) is 7.87. The highest BCUT2D eigenvalue weighted by Crippen LogP contribution is 2.22. The first-order chi connectivity index (χ1) is 14.6. The Morgan fingerprint density at radius 1 is 1.07 bits per heavy atom. The molecule has 2 aromatic heterocycles. The number of aliphatic imine (C=N–C) groups is 1. The number of methoxy groups -OCH3 is 1. The van der Waals surface area contributed by atoms with Crippen LogP contribution in [0.1, 0.15) is 28.1 Å². The van der Waals surface area contributed by atoms with Crippen LogP contribution in [-0.2, 0) is 13.1 Å². The fourth-order valence-electron chi connectivity index (χ4n) is 2.62. The maximum absolute atomic E-state index is 5.76. The molecule has 0 fully saturated rings. The van der Waals surface area contributed by atoms with E-state index in [1.54, 1.807) is 24.6 Å². The Morgan fingerprint density at radius 3 is 2.43 bits per heavy atom. The molecule has 1 aromatic carbocycles. The van der Waals surface area contributed by atoms with Crippen molar-refractivity contribution in [3.8, 4) is 17.4 Å². The number of aromatic nitrogens is 2. The lowest BCUT2D eigenvalue weighted by Crippen LogP contribution is -2.36. The van der Waals surface area contributed by atoms with Crippen LogP contribution in [0.5, 0.6) is 17.4 Å². The van der Waals surface area contributed by atoms with Crippen LogP contribution in [0, 0.1) is 13.8 Å². The van der Waals surface area contributed by atoms with E-state index < -0.39 is 0 Å². The Morgan fingerprint density at radius 2 is 1.83 bits per heavy atom. The van der Waals surface area contributed by atoms with E-state index in [9.17, 15) is 0 Å². The zero-order valence-corrected chi connectivity index (χ0v) is 18.5. The fraction of sp³-hybridized carbons (Fsp3) is 0.318. The number of hydrogen-bond donors (Lipinski definition) is 2. The van der Waals surface area contributed by atoms with Crippen LogP contribution in [0.3, 0.4) is 0 Å². The Balaban J connectivity index is 1.56. The molecule has 0 atom stereocenters. The molecule has 0 aliphatic rings. The van der Waals surface area contributed by atoms with Crippen LogP contribution < -0.4 is 20.1 Å². The van der Waals surface area contributed by atoms with Gasteiger partial charge in [0.25, 0.3) is 0 Å². The van der Waals surface area contributed by atoms with Gasteiger partial charge in [-0.2, -0.15) is 0 Å². The Hall–Kier alpha value is -3.13. The molecule has 158 valence electrons. The van der Waals surface area contributed by atoms with E-state index in [0.717, 1.165) is 34.5 Å². The highest BCUT2D eigenvalue weighted by Gasteiger charge is 2.05. The number of rotatable bonds is 8. The van der Waals surface area contributed by atoms with Crippen molar-refractivity contribution in [2.24, 2.45) is 4.99 Å². The van der Waals surface area contributed by atoms with Gasteiger partial charge in [0.05, 0.1) is 25.9 Å². The molecule has 7 nitrogen and oxygen atoms in total. The number of thiazole rings is 1. The molecule has 3 rings (SSSR count). The number of pyridine rings is 1. The fourth-order valence-corrected chi connectivity index (χ4v) is 3.49. The van der Waals surface area contributed by atoms with Gasteiger partial charge in [0.1, 0.15) is 16.5 Å². The molecule has 0 saturated carbocycles.